The molecule has 4 heteroatoms. The van der Waals surface area contributed by atoms with E-state index in [0.29, 0.717) is 19.0 Å². The molecule has 0 spiro atoms. The van der Waals surface area contributed by atoms with Gasteiger partial charge in [-0.25, -0.2) is 4.79 Å². The minimum Gasteiger partial charge on any atom is -0.491 e. The van der Waals surface area contributed by atoms with Crippen LogP contribution in [-0.4, -0.2) is 30.4 Å². The highest BCUT2D eigenvalue weighted by Crippen LogP contribution is 2.11. The highest BCUT2D eigenvalue weighted by Gasteiger charge is 2.02. The molecular weight excluding hydrogens is 208 g/mol. The number of hydrogen-bond donors (Lipinski definition) is 1. The number of rotatable bonds is 6. The fraction of sp³-hybridized carbons (Fsp3) is 0.417. The van der Waals surface area contributed by atoms with Crippen LogP contribution in [0, 0.1) is 0 Å². The van der Waals surface area contributed by atoms with Gasteiger partial charge in [0.2, 0.25) is 0 Å². The first-order chi connectivity index (χ1) is 7.59. The summed E-state index contributed by atoms with van der Waals surface area (Å²) in [6.45, 7) is 4.91. The Bertz CT molecular complexity index is 329. The zero-order chi connectivity index (χ0) is 12.0. The van der Waals surface area contributed by atoms with Gasteiger partial charge in [0, 0.05) is 0 Å². The molecule has 1 rings (SSSR count). The van der Waals surface area contributed by atoms with E-state index in [2.05, 4.69) is 0 Å². The summed E-state index contributed by atoms with van der Waals surface area (Å²) in [7, 11) is 0. The van der Waals surface area contributed by atoms with Crippen LogP contribution in [0.15, 0.2) is 24.3 Å². The van der Waals surface area contributed by atoms with Gasteiger partial charge in [-0.3, -0.25) is 0 Å². The summed E-state index contributed by atoms with van der Waals surface area (Å²) in [6.07, 6.45) is 0.193. The Morgan fingerprint density at radius 1 is 1.25 bits per heavy atom. The van der Waals surface area contributed by atoms with Crippen LogP contribution < -0.4 is 4.74 Å². The van der Waals surface area contributed by atoms with Crippen molar-refractivity contribution < 1.29 is 19.4 Å². The van der Waals surface area contributed by atoms with Gasteiger partial charge < -0.3 is 14.6 Å². The van der Waals surface area contributed by atoms with E-state index in [-0.39, 0.29) is 11.7 Å². The number of carboxylic acids is 1. The van der Waals surface area contributed by atoms with Crippen molar-refractivity contribution in [2.45, 2.75) is 20.0 Å². The topological polar surface area (TPSA) is 55.8 Å². The van der Waals surface area contributed by atoms with Crippen LogP contribution in [0.2, 0.25) is 0 Å². The van der Waals surface area contributed by atoms with Gasteiger partial charge in [0.25, 0.3) is 0 Å². The van der Waals surface area contributed by atoms with E-state index in [1.54, 1.807) is 12.1 Å². The van der Waals surface area contributed by atoms with E-state index < -0.39 is 5.97 Å². The Hall–Kier alpha value is -1.55. The predicted octanol–water partition coefficient (Wildman–Crippen LogP) is 2.19. The summed E-state index contributed by atoms with van der Waals surface area (Å²) in [5.74, 6) is -0.285. The maximum atomic E-state index is 10.6. The molecule has 0 saturated carbocycles. The van der Waals surface area contributed by atoms with Gasteiger partial charge in [0.1, 0.15) is 12.4 Å². The quantitative estimate of drug-likeness (QED) is 0.752. The number of carboxylic acid groups (broad SMARTS) is 1. The van der Waals surface area contributed by atoms with Crippen molar-refractivity contribution in [2.75, 3.05) is 13.2 Å². The van der Waals surface area contributed by atoms with Crippen LogP contribution in [0.25, 0.3) is 0 Å². The summed E-state index contributed by atoms with van der Waals surface area (Å²) < 4.78 is 10.7. The summed E-state index contributed by atoms with van der Waals surface area (Å²) in [4.78, 5) is 10.6. The van der Waals surface area contributed by atoms with Crippen molar-refractivity contribution in [3.63, 3.8) is 0 Å². The second-order valence-corrected chi connectivity index (χ2v) is 3.60. The Morgan fingerprint density at radius 3 is 2.38 bits per heavy atom. The zero-order valence-corrected chi connectivity index (χ0v) is 9.47. The number of aromatic carboxylic acids is 1. The minimum atomic E-state index is -0.935. The lowest BCUT2D eigenvalue weighted by Crippen LogP contribution is -2.11. The van der Waals surface area contributed by atoms with E-state index in [4.69, 9.17) is 14.6 Å². The number of benzene rings is 1. The fourth-order valence-corrected chi connectivity index (χ4v) is 1.14. The third-order valence-corrected chi connectivity index (χ3v) is 1.90. The fourth-order valence-electron chi connectivity index (χ4n) is 1.14. The Labute approximate surface area is 94.8 Å². The largest absolute Gasteiger partial charge is 0.491 e. The zero-order valence-electron chi connectivity index (χ0n) is 9.47. The Balaban J connectivity index is 2.35. The third-order valence-electron chi connectivity index (χ3n) is 1.90. The van der Waals surface area contributed by atoms with E-state index in [9.17, 15) is 4.79 Å². The average Bonchev–Trinajstić information content (AvgIpc) is 2.25. The molecule has 0 bridgehead atoms. The summed E-state index contributed by atoms with van der Waals surface area (Å²) in [6, 6.07) is 6.31. The smallest absolute Gasteiger partial charge is 0.335 e. The maximum Gasteiger partial charge on any atom is 0.335 e. The van der Waals surface area contributed by atoms with Gasteiger partial charge in [-0.15, -0.1) is 0 Å². The Morgan fingerprint density at radius 2 is 1.88 bits per heavy atom. The molecule has 0 fully saturated rings. The number of carbonyl (C=O) groups is 1. The first-order valence-electron chi connectivity index (χ1n) is 5.17. The molecule has 0 atom stereocenters. The first-order valence-corrected chi connectivity index (χ1v) is 5.17. The van der Waals surface area contributed by atoms with E-state index in [1.165, 1.54) is 12.1 Å². The number of hydrogen-bond acceptors (Lipinski definition) is 3. The van der Waals surface area contributed by atoms with E-state index in [1.807, 2.05) is 13.8 Å². The van der Waals surface area contributed by atoms with Gasteiger partial charge in [0.05, 0.1) is 18.3 Å². The average molecular weight is 224 g/mol. The molecule has 4 nitrogen and oxygen atoms in total. The SMILES string of the molecule is CC(C)OCCOc1ccc(C(=O)O)cc1. The highest BCUT2D eigenvalue weighted by atomic mass is 16.5. The molecule has 16 heavy (non-hydrogen) atoms. The molecule has 0 unspecified atom stereocenters. The first kappa shape index (κ1) is 12.5. The van der Waals surface area contributed by atoms with Crippen molar-refractivity contribution >= 4 is 5.97 Å². The molecular formula is C12H16O4. The van der Waals surface area contributed by atoms with Crippen LogP contribution in [0.5, 0.6) is 5.75 Å². The monoisotopic (exact) mass is 224 g/mol. The molecule has 0 aliphatic rings. The highest BCUT2D eigenvalue weighted by molar-refractivity contribution is 5.87. The second-order valence-electron chi connectivity index (χ2n) is 3.60. The van der Waals surface area contributed by atoms with Crippen LogP contribution in [0.1, 0.15) is 24.2 Å². The molecule has 0 aromatic heterocycles. The van der Waals surface area contributed by atoms with Gasteiger partial charge in [-0.05, 0) is 38.1 Å². The molecule has 88 valence electrons. The third kappa shape index (κ3) is 4.31. The molecule has 0 aliphatic carbocycles. The molecule has 0 heterocycles. The van der Waals surface area contributed by atoms with Crippen molar-refractivity contribution in [3.05, 3.63) is 29.8 Å². The molecule has 1 aromatic carbocycles. The standard InChI is InChI=1S/C12H16O4/c1-9(2)15-7-8-16-11-5-3-10(4-6-11)12(13)14/h3-6,9H,7-8H2,1-2H3,(H,13,14). The molecule has 0 radical (unpaired) electrons. The van der Waals surface area contributed by atoms with Gasteiger partial charge in [0.15, 0.2) is 0 Å². The predicted molar refractivity (Wildman–Crippen MR) is 60.0 cm³/mol. The molecule has 0 saturated heterocycles. The minimum absolute atomic E-state index is 0.193. The summed E-state index contributed by atoms with van der Waals surface area (Å²) in [5, 5.41) is 8.69. The maximum absolute atomic E-state index is 10.6. The number of ether oxygens (including phenoxy) is 2. The molecule has 0 amide bonds. The van der Waals surface area contributed by atoms with Gasteiger partial charge >= 0.3 is 5.97 Å². The van der Waals surface area contributed by atoms with E-state index in [0.717, 1.165) is 0 Å². The van der Waals surface area contributed by atoms with Gasteiger partial charge in [-0.2, -0.15) is 0 Å². The summed E-state index contributed by atoms with van der Waals surface area (Å²) in [5.41, 5.74) is 0.255. The van der Waals surface area contributed by atoms with Crippen LogP contribution >= 0.6 is 0 Å². The van der Waals surface area contributed by atoms with Crippen molar-refractivity contribution in [1.82, 2.24) is 0 Å². The molecule has 1 aromatic rings. The van der Waals surface area contributed by atoms with Gasteiger partial charge in [-0.1, -0.05) is 0 Å². The lowest BCUT2D eigenvalue weighted by molar-refractivity contribution is 0.0552. The summed E-state index contributed by atoms with van der Waals surface area (Å²) >= 11 is 0. The van der Waals surface area contributed by atoms with Crippen LogP contribution in [-0.2, 0) is 4.74 Å². The molecule has 0 aliphatic heterocycles. The second kappa shape index (κ2) is 6.12. The lowest BCUT2D eigenvalue weighted by Gasteiger charge is -2.09. The lowest BCUT2D eigenvalue weighted by atomic mass is 10.2. The van der Waals surface area contributed by atoms with Crippen LogP contribution in [0.4, 0.5) is 0 Å². The van der Waals surface area contributed by atoms with Crippen LogP contribution in [0.3, 0.4) is 0 Å². The van der Waals surface area contributed by atoms with E-state index >= 15 is 0 Å². The Kier molecular flexibility index (Phi) is 4.79. The van der Waals surface area contributed by atoms with Crippen molar-refractivity contribution in [2.24, 2.45) is 0 Å². The normalized spacial score (nSPS) is 10.4. The molecule has 1 N–H and O–H groups in total. The van der Waals surface area contributed by atoms with Crippen molar-refractivity contribution in [1.29, 1.82) is 0 Å². The van der Waals surface area contributed by atoms with Crippen molar-refractivity contribution in [3.8, 4) is 5.75 Å².